The molecule has 0 spiro atoms. The number of ketones is 1. The van der Waals surface area contributed by atoms with Crippen LogP contribution in [0, 0.1) is 7.43 Å². The van der Waals surface area contributed by atoms with Crippen molar-refractivity contribution in [2.45, 2.75) is 37.1 Å². The summed E-state index contributed by atoms with van der Waals surface area (Å²) < 4.78 is 5.24. The first kappa shape index (κ1) is 19.0. The van der Waals surface area contributed by atoms with Crippen LogP contribution in [0.5, 0.6) is 11.5 Å². The SMILES string of the molecule is COc1cc([C@@]23CCC(=O)C[C@@H]2N(C)CC3)ccc1O.[CH3-].[Cr]. The van der Waals surface area contributed by atoms with Gasteiger partial charge in [0, 0.05) is 41.7 Å². The van der Waals surface area contributed by atoms with Crippen LogP contribution in [-0.4, -0.2) is 42.5 Å². The summed E-state index contributed by atoms with van der Waals surface area (Å²) in [6.45, 7) is 1.02. The molecule has 2 atom stereocenters. The molecule has 0 bridgehead atoms. The van der Waals surface area contributed by atoms with Crippen LogP contribution in [0.25, 0.3) is 0 Å². The van der Waals surface area contributed by atoms with E-state index in [-0.39, 0.29) is 42.0 Å². The molecule has 2 aliphatic rings. The van der Waals surface area contributed by atoms with Crippen LogP contribution in [0.1, 0.15) is 31.2 Å². The predicted molar refractivity (Wildman–Crippen MR) is 82.6 cm³/mol. The molecule has 0 aromatic heterocycles. The molecule has 2 fully saturated rings. The second kappa shape index (κ2) is 7.04. The van der Waals surface area contributed by atoms with Gasteiger partial charge in [-0.05, 0) is 44.1 Å². The van der Waals surface area contributed by atoms with Crippen LogP contribution in [-0.2, 0) is 27.6 Å². The van der Waals surface area contributed by atoms with Crippen molar-refractivity contribution in [1.82, 2.24) is 4.90 Å². The first-order valence-corrected chi connectivity index (χ1v) is 7.16. The number of phenolic OH excluding ortho intramolecular Hbond substituents is 1. The number of methoxy groups -OCH3 is 1. The molecule has 1 aromatic carbocycles. The van der Waals surface area contributed by atoms with Crippen LogP contribution >= 0.6 is 0 Å². The summed E-state index contributed by atoms with van der Waals surface area (Å²) in [5.41, 5.74) is 1.22. The first-order chi connectivity index (χ1) is 9.56. The zero-order valence-corrected chi connectivity index (χ0v) is 14.7. The number of carbonyl (C=O) groups excluding carboxylic acids is 1. The van der Waals surface area contributed by atoms with Gasteiger partial charge in [-0.3, -0.25) is 4.79 Å². The zero-order valence-electron chi connectivity index (χ0n) is 13.5. The van der Waals surface area contributed by atoms with Crippen LogP contribution < -0.4 is 4.74 Å². The zero-order chi connectivity index (χ0) is 14.3. The molecule has 1 aliphatic heterocycles. The Morgan fingerprint density at radius 2 is 2.09 bits per heavy atom. The number of hydrogen-bond donors (Lipinski definition) is 1. The number of likely N-dealkylation sites (tertiary alicyclic amines) is 1. The van der Waals surface area contributed by atoms with Crippen molar-refractivity contribution in [2.75, 3.05) is 20.7 Å². The summed E-state index contributed by atoms with van der Waals surface area (Å²) >= 11 is 0. The molecule has 0 unspecified atom stereocenters. The molecule has 4 nitrogen and oxygen atoms in total. The van der Waals surface area contributed by atoms with Gasteiger partial charge in [0.25, 0.3) is 0 Å². The molecule has 1 N–H and O–H groups in total. The van der Waals surface area contributed by atoms with Gasteiger partial charge in [0.2, 0.25) is 0 Å². The van der Waals surface area contributed by atoms with E-state index >= 15 is 0 Å². The normalized spacial score (nSPS) is 27.5. The van der Waals surface area contributed by atoms with E-state index in [0.717, 1.165) is 19.4 Å². The molecule has 1 saturated carbocycles. The average Bonchev–Trinajstić information content (AvgIpc) is 2.78. The minimum absolute atomic E-state index is 0. The monoisotopic (exact) mass is 342 g/mol. The molecule has 1 aromatic rings. The molecular weight excluding hydrogens is 318 g/mol. The van der Waals surface area contributed by atoms with Crippen LogP contribution in [0.2, 0.25) is 0 Å². The van der Waals surface area contributed by atoms with Gasteiger partial charge in [-0.15, -0.1) is 0 Å². The number of fused-ring (bicyclic) bond motifs is 1. The van der Waals surface area contributed by atoms with E-state index in [9.17, 15) is 9.90 Å². The van der Waals surface area contributed by atoms with Crippen molar-refractivity contribution in [1.29, 1.82) is 0 Å². The Hall–Kier alpha value is -1.02. The quantitative estimate of drug-likeness (QED) is 0.839. The van der Waals surface area contributed by atoms with Crippen molar-refractivity contribution in [3.05, 3.63) is 31.2 Å². The molecule has 0 amide bonds. The number of likely N-dealkylation sites (N-methyl/N-ethyl adjacent to an activating group) is 1. The van der Waals surface area contributed by atoms with Gasteiger partial charge in [-0.1, -0.05) is 6.07 Å². The molecule has 0 radical (unpaired) electrons. The Kier molecular flexibility index (Phi) is 6.09. The van der Waals surface area contributed by atoms with Crippen molar-refractivity contribution in [2.24, 2.45) is 0 Å². The number of phenols is 1. The smallest absolute Gasteiger partial charge is 0.160 e. The fourth-order valence-corrected chi connectivity index (χ4v) is 3.91. The molecule has 1 saturated heterocycles. The van der Waals surface area contributed by atoms with Gasteiger partial charge in [0.05, 0.1) is 7.11 Å². The third kappa shape index (κ3) is 2.90. The Balaban J connectivity index is 0.00000121. The van der Waals surface area contributed by atoms with Gasteiger partial charge in [-0.25, -0.2) is 0 Å². The van der Waals surface area contributed by atoms with E-state index in [1.54, 1.807) is 13.2 Å². The van der Waals surface area contributed by atoms with Gasteiger partial charge >= 0.3 is 0 Å². The largest absolute Gasteiger partial charge is 0.504 e. The van der Waals surface area contributed by atoms with Crippen LogP contribution in [0.4, 0.5) is 0 Å². The maximum Gasteiger partial charge on any atom is 0.160 e. The van der Waals surface area contributed by atoms with Crippen LogP contribution in [0.3, 0.4) is 0 Å². The summed E-state index contributed by atoms with van der Waals surface area (Å²) in [5, 5.41) is 9.78. The predicted octanol–water partition coefficient (Wildman–Crippen LogP) is 2.54. The van der Waals surface area contributed by atoms with Crippen molar-refractivity contribution >= 4 is 5.78 Å². The van der Waals surface area contributed by atoms with Crippen molar-refractivity contribution < 1.29 is 32.0 Å². The minimum Gasteiger partial charge on any atom is -0.504 e. The van der Waals surface area contributed by atoms with E-state index in [0.29, 0.717) is 24.4 Å². The number of Topliss-reactive ketones (excluding diaryl/α,β-unsaturated/α-hetero) is 1. The molecule has 3 rings (SSSR count). The van der Waals surface area contributed by atoms with E-state index in [2.05, 4.69) is 11.9 Å². The standard InChI is InChI=1S/C16H21NO3.CH3.Cr/c1-17-8-7-16(6-5-12(18)10-15(16)17)11-3-4-13(19)14(9-11)20-2;;/h3-4,9,15,19H,5-8,10H2,1-2H3;1H3;/q;-1;/t15-,16-;;/m0../s1. The Labute approximate surface area is 143 Å². The van der Waals surface area contributed by atoms with Crippen LogP contribution in [0.15, 0.2) is 18.2 Å². The number of nitrogens with zero attached hydrogens (tertiary/aromatic N) is 1. The number of ether oxygens (including phenoxy) is 1. The molecule has 5 heteroatoms. The van der Waals surface area contributed by atoms with Crippen molar-refractivity contribution in [3.63, 3.8) is 0 Å². The topological polar surface area (TPSA) is 49.8 Å². The second-order valence-electron chi connectivity index (χ2n) is 6.03. The van der Waals surface area contributed by atoms with E-state index in [1.807, 2.05) is 12.1 Å². The number of rotatable bonds is 2. The fraction of sp³-hybridized carbons (Fsp3) is 0.529. The number of hydrogen-bond acceptors (Lipinski definition) is 4. The Morgan fingerprint density at radius 1 is 1.36 bits per heavy atom. The van der Waals surface area contributed by atoms with E-state index in [4.69, 9.17) is 4.74 Å². The Bertz CT molecular complexity index is 549. The van der Waals surface area contributed by atoms with Gasteiger partial charge < -0.3 is 22.2 Å². The van der Waals surface area contributed by atoms with Gasteiger partial charge in [-0.2, -0.15) is 0 Å². The summed E-state index contributed by atoms with van der Waals surface area (Å²) in [5.74, 6) is 1.05. The molecule has 1 heterocycles. The average molecular weight is 342 g/mol. The minimum atomic E-state index is 0. The fourth-order valence-electron chi connectivity index (χ4n) is 3.91. The summed E-state index contributed by atoms with van der Waals surface area (Å²) in [6, 6.07) is 5.91. The summed E-state index contributed by atoms with van der Waals surface area (Å²) in [4.78, 5) is 14.1. The van der Waals surface area contributed by atoms with E-state index < -0.39 is 0 Å². The maximum atomic E-state index is 11.8. The van der Waals surface area contributed by atoms with Gasteiger partial charge in [0.15, 0.2) is 11.5 Å². The number of carbonyl (C=O) groups is 1. The number of benzene rings is 1. The third-order valence-electron chi connectivity index (χ3n) is 5.11. The Morgan fingerprint density at radius 3 is 2.77 bits per heavy atom. The molecule has 1 aliphatic carbocycles. The van der Waals surface area contributed by atoms with Gasteiger partial charge in [0.1, 0.15) is 5.78 Å². The summed E-state index contributed by atoms with van der Waals surface area (Å²) in [7, 11) is 3.67. The van der Waals surface area contributed by atoms with E-state index in [1.165, 1.54) is 5.56 Å². The first-order valence-electron chi connectivity index (χ1n) is 7.16. The molecule has 122 valence electrons. The maximum absolute atomic E-state index is 11.8. The second-order valence-corrected chi connectivity index (χ2v) is 6.03. The van der Waals surface area contributed by atoms with Crippen molar-refractivity contribution in [3.8, 4) is 11.5 Å². The third-order valence-corrected chi connectivity index (χ3v) is 5.11. The summed E-state index contributed by atoms with van der Waals surface area (Å²) in [6.07, 6.45) is 3.26. The number of aromatic hydroxyl groups is 1. The molecular formula is C17H24CrNO3-. The molecule has 22 heavy (non-hydrogen) atoms.